The van der Waals surface area contributed by atoms with Crippen molar-refractivity contribution >= 4 is 6.09 Å². The molecule has 0 radical (unpaired) electrons. The lowest BCUT2D eigenvalue weighted by Gasteiger charge is -2.31. The summed E-state index contributed by atoms with van der Waals surface area (Å²) >= 11 is 0. The fourth-order valence-electron chi connectivity index (χ4n) is 3.94. The van der Waals surface area contributed by atoms with E-state index in [0.717, 1.165) is 23.4 Å². The normalized spacial score (nSPS) is 14.2. The molecule has 13 heteroatoms. The van der Waals surface area contributed by atoms with Crippen molar-refractivity contribution in [3.05, 3.63) is 83.8 Å². The molecule has 1 N–H and O–H groups in total. The maximum Gasteiger partial charge on any atom is 0.417 e. The summed E-state index contributed by atoms with van der Waals surface area (Å²) in [5.74, 6) is 2.02. The van der Waals surface area contributed by atoms with Gasteiger partial charge in [-0.3, -0.25) is 0 Å². The second-order valence-electron chi connectivity index (χ2n) is 8.78. The molecule has 1 aliphatic heterocycles. The van der Waals surface area contributed by atoms with Gasteiger partial charge in [-0.25, -0.2) is 9.78 Å². The lowest BCUT2D eigenvalue weighted by molar-refractivity contribution is -0.137. The number of nitrogens with one attached hydrogen (secondary N) is 1. The smallest absolute Gasteiger partial charge is 0.417 e. The molecule has 0 atom stereocenters. The molecule has 0 saturated carbocycles. The highest BCUT2D eigenvalue weighted by Crippen LogP contribution is 2.30. The maximum absolute atomic E-state index is 12.7. The van der Waals surface area contributed by atoms with Crippen LogP contribution < -0.4 is 14.2 Å². The summed E-state index contributed by atoms with van der Waals surface area (Å²) in [6, 6.07) is 15.9. The first-order chi connectivity index (χ1) is 18.8. The second kappa shape index (κ2) is 11.4. The summed E-state index contributed by atoms with van der Waals surface area (Å²) in [5.41, 5.74) is 0.178. The minimum atomic E-state index is -4.47. The molecular formula is C26H23F3N6O4. The van der Waals surface area contributed by atoms with E-state index in [1.54, 1.807) is 4.90 Å². The number of hydrogen-bond acceptors (Lipinski definition) is 8. The number of hydrogen-bond donors (Lipinski definition) is 1. The molecule has 1 fully saturated rings. The summed E-state index contributed by atoms with van der Waals surface area (Å²) in [6.07, 6.45) is -2.37. The Kier molecular flexibility index (Phi) is 7.57. The molecule has 1 aliphatic rings. The number of halogens is 3. The molecule has 10 nitrogen and oxygen atoms in total. The SMILES string of the molecule is O=C(Oc1ccc(Oc2ccc(C(F)(F)F)cn2)cc1)N1CCC(Oc2ccc(Cc3nn[nH]n3)cc2)CC1. The summed E-state index contributed by atoms with van der Waals surface area (Å²) < 4.78 is 55.0. The predicted molar refractivity (Wildman–Crippen MR) is 130 cm³/mol. The number of carbonyl (C=O) groups is 1. The molecule has 0 unspecified atom stereocenters. The van der Waals surface area contributed by atoms with E-state index in [0.29, 0.717) is 55.9 Å². The van der Waals surface area contributed by atoms with Crippen molar-refractivity contribution in [3.63, 3.8) is 0 Å². The van der Waals surface area contributed by atoms with E-state index < -0.39 is 17.8 Å². The van der Waals surface area contributed by atoms with Crippen LogP contribution in [0.5, 0.6) is 23.1 Å². The Morgan fingerprint density at radius 3 is 2.26 bits per heavy atom. The fourth-order valence-corrected chi connectivity index (χ4v) is 3.94. The number of nitrogens with zero attached hydrogens (tertiary/aromatic N) is 5. The zero-order valence-corrected chi connectivity index (χ0v) is 20.5. The molecule has 0 aliphatic carbocycles. The summed E-state index contributed by atoms with van der Waals surface area (Å²) in [7, 11) is 0. The van der Waals surface area contributed by atoms with Crippen LogP contribution in [-0.4, -0.2) is 55.8 Å². The van der Waals surface area contributed by atoms with Crippen LogP contribution in [0.15, 0.2) is 66.9 Å². The van der Waals surface area contributed by atoms with Gasteiger partial charge < -0.3 is 19.1 Å². The van der Waals surface area contributed by atoms with Crippen molar-refractivity contribution in [2.45, 2.75) is 31.5 Å². The van der Waals surface area contributed by atoms with Gasteiger partial charge in [0.05, 0.1) is 5.56 Å². The highest BCUT2D eigenvalue weighted by atomic mass is 19.4. The number of tetrazole rings is 1. The van der Waals surface area contributed by atoms with Gasteiger partial charge in [-0.15, -0.1) is 10.2 Å². The third-order valence-corrected chi connectivity index (χ3v) is 5.99. The number of aromatic nitrogens is 5. The zero-order valence-electron chi connectivity index (χ0n) is 20.5. The number of alkyl halides is 3. The van der Waals surface area contributed by atoms with Crippen LogP contribution in [0.4, 0.5) is 18.0 Å². The Morgan fingerprint density at radius 1 is 0.949 bits per heavy atom. The Bertz CT molecular complexity index is 1360. The first kappa shape index (κ1) is 25.9. The number of benzene rings is 2. The molecule has 4 aromatic rings. The van der Waals surface area contributed by atoms with E-state index in [2.05, 4.69) is 25.6 Å². The van der Waals surface area contributed by atoms with Crippen LogP contribution in [0, 0.1) is 0 Å². The van der Waals surface area contributed by atoms with Crippen LogP contribution in [0.2, 0.25) is 0 Å². The van der Waals surface area contributed by atoms with Crippen molar-refractivity contribution in [3.8, 4) is 23.1 Å². The van der Waals surface area contributed by atoms with Crippen LogP contribution in [0.3, 0.4) is 0 Å². The first-order valence-electron chi connectivity index (χ1n) is 12.1. The average Bonchev–Trinajstić information content (AvgIpc) is 3.44. The number of H-pyrrole nitrogens is 1. The van der Waals surface area contributed by atoms with Crippen LogP contribution >= 0.6 is 0 Å². The minimum absolute atomic E-state index is 0.0117. The van der Waals surface area contributed by atoms with Gasteiger partial charge >= 0.3 is 12.3 Å². The lowest BCUT2D eigenvalue weighted by Crippen LogP contribution is -2.43. The van der Waals surface area contributed by atoms with Gasteiger partial charge in [0, 0.05) is 44.6 Å². The molecule has 3 heterocycles. The van der Waals surface area contributed by atoms with Gasteiger partial charge in [0.1, 0.15) is 23.4 Å². The fraction of sp³-hybridized carbons (Fsp3) is 0.269. The van der Waals surface area contributed by atoms with E-state index in [1.807, 2.05) is 24.3 Å². The summed E-state index contributed by atoms with van der Waals surface area (Å²) in [4.78, 5) is 17.9. The standard InChI is InChI=1S/C26H23F3N6O4/c27-26(28,29)18-3-10-24(30-16-18)38-20-6-8-21(9-7-20)39-25(36)35-13-11-22(12-14-35)37-19-4-1-17(2-5-19)15-23-31-33-34-32-23/h1-10,16,22H,11-15H2,(H,31,32,33,34). The highest BCUT2D eigenvalue weighted by molar-refractivity contribution is 5.70. The monoisotopic (exact) mass is 540 g/mol. The van der Waals surface area contributed by atoms with Gasteiger partial charge in [0.25, 0.3) is 0 Å². The van der Waals surface area contributed by atoms with E-state index in [1.165, 1.54) is 24.3 Å². The van der Waals surface area contributed by atoms with Crippen molar-refractivity contribution in [1.29, 1.82) is 0 Å². The maximum atomic E-state index is 12.7. The van der Waals surface area contributed by atoms with E-state index in [-0.39, 0.29) is 12.0 Å². The number of aromatic amines is 1. The van der Waals surface area contributed by atoms with Gasteiger partial charge in [-0.1, -0.05) is 17.3 Å². The zero-order chi connectivity index (χ0) is 27.2. The topological polar surface area (TPSA) is 115 Å². The van der Waals surface area contributed by atoms with Crippen molar-refractivity contribution in [1.82, 2.24) is 30.5 Å². The number of amides is 1. The van der Waals surface area contributed by atoms with E-state index >= 15 is 0 Å². The summed E-state index contributed by atoms with van der Waals surface area (Å²) in [5, 5.41) is 13.9. The molecule has 202 valence electrons. The summed E-state index contributed by atoms with van der Waals surface area (Å²) in [6.45, 7) is 0.973. The first-order valence-corrected chi connectivity index (χ1v) is 12.1. The quantitative estimate of drug-likeness (QED) is 0.347. The highest BCUT2D eigenvalue weighted by Gasteiger charge is 2.30. The third kappa shape index (κ3) is 7.00. The second-order valence-corrected chi connectivity index (χ2v) is 8.78. The van der Waals surface area contributed by atoms with Crippen LogP contribution in [0.25, 0.3) is 0 Å². The number of carbonyl (C=O) groups excluding carboxylic acids is 1. The van der Waals surface area contributed by atoms with Crippen molar-refractivity contribution in [2.75, 3.05) is 13.1 Å². The van der Waals surface area contributed by atoms with E-state index in [4.69, 9.17) is 14.2 Å². The molecule has 5 rings (SSSR count). The van der Waals surface area contributed by atoms with E-state index in [9.17, 15) is 18.0 Å². The predicted octanol–water partition coefficient (Wildman–Crippen LogP) is 5.04. The minimum Gasteiger partial charge on any atom is -0.490 e. The number of piperidine rings is 1. The van der Waals surface area contributed by atoms with Gasteiger partial charge in [0.2, 0.25) is 5.88 Å². The lowest BCUT2D eigenvalue weighted by atomic mass is 10.1. The van der Waals surface area contributed by atoms with Crippen LogP contribution in [0.1, 0.15) is 29.8 Å². The Morgan fingerprint density at radius 2 is 1.64 bits per heavy atom. The van der Waals surface area contributed by atoms with Gasteiger partial charge in [0.15, 0.2) is 5.82 Å². The molecule has 0 bridgehead atoms. The third-order valence-electron chi connectivity index (χ3n) is 5.99. The largest absolute Gasteiger partial charge is 0.490 e. The van der Waals surface area contributed by atoms with Crippen LogP contribution in [-0.2, 0) is 12.6 Å². The Hall–Kier alpha value is -4.68. The molecular weight excluding hydrogens is 517 g/mol. The number of ether oxygens (including phenoxy) is 3. The number of pyridine rings is 1. The Labute approximate surface area is 220 Å². The molecule has 0 spiro atoms. The molecule has 39 heavy (non-hydrogen) atoms. The Balaban J connectivity index is 1.06. The average molecular weight is 541 g/mol. The molecule has 2 aromatic heterocycles. The number of rotatable bonds is 7. The van der Waals surface area contributed by atoms with Gasteiger partial charge in [-0.05, 0) is 48.0 Å². The molecule has 1 amide bonds. The molecule has 2 aromatic carbocycles. The van der Waals surface area contributed by atoms with Crippen molar-refractivity contribution in [2.24, 2.45) is 0 Å². The van der Waals surface area contributed by atoms with Crippen molar-refractivity contribution < 1.29 is 32.2 Å². The van der Waals surface area contributed by atoms with Gasteiger partial charge in [-0.2, -0.15) is 18.4 Å². The number of likely N-dealkylation sites (tertiary alicyclic amines) is 1. The molecule has 1 saturated heterocycles.